The predicted octanol–water partition coefficient (Wildman–Crippen LogP) is 12.2. The number of piperazine rings is 1. The van der Waals surface area contributed by atoms with Crippen LogP contribution in [0.2, 0.25) is 5.02 Å². The van der Waals surface area contributed by atoms with E-state index in [4.69, 9.17) is 11.6 Å². The summed E-state index contributed by atoms with van der Waals surface area (Å²) in [5.74, 6) is -2.22. The number of aliphatic hydroxyl groups is 2. The number of sulfonamides is 1. The number of unbranched alkanes of at least 4 members (excludes halogenated alkanes) is 2. The normalized spacial score (nSPS) is 17.6. The molecule has 3 saturated heterocycles. The molecule has 3 fully saturated rings. The van der Waals surface area contributed by atoms with Gasteiger partial charge in [-0.15, -0.1) is 23.1 Å². The molecular weight excluding hydrogens is 1440 g/mol. The summed E-state index contributed by atoms with van der Waals surface area (Å²) in [4.78, 5) is 79.9. The first kappa shape index (κ1) is 78.7. The number of thiazole rings is 1. The Balaban J connectivity index is 0.691. The van der Waals surface area contributed by atoms with E-state index in [0.29, 0.717) is 95.4 Å². The van der Waals surface area contributed by atoms with Crippen LogP contribution < -0.4 is 25.6 Å². The van der Waals surface area contributed by atoms with Gasteiger partial charge in [-0.05, 0) is 152 Å². The van der Waals surface area contributed by atoms with Crippen molar-refractivity contribution in [3.8, 4) is 21.6 Å². The summed E-state index contributed by atoms with van der Waals surface area (Å²) < 4.78 is 100. The maximum absolute atomic E-state index is 14.6. The fourth-order valence-electron chi connectivity index (χ4n) is 13.4. The number of anilines is 2. The highest BCUT2D eigenvalue weighted by atomic mass is 35.5. The third kappa shape index (κ3) is 20.0. The Bertz CT molecular complexity index is 4370. The third-order valence-corrected chi connectivity index (χ3v) is 24.7. The fraction of sp³-hybridized carbons (Fsp3) is 0.421. The van der Waals surface area contributed by atoms with Crippen LogP contribution in [-0.2, 0) is 39.0 Å². The van der Waals surface area contributed by atoms with Crippen LogP contribution in [0.1, 0.15) is 125 Å². The molecule has 3 aliphatic rings. The van der Waals surface area contributed by atoms with E-state index in [1.54, 1.807) is 46.0 Å². The smallest absolute Gasteiger partial charge is 0.391 e. The molecule has 1 aromatic heterocycles. The van der Waals surface area contributed by atoms with Gasteiger partial charge in [-0.25, -0.2) is 26.5 Å². The number of alkyl halides is 3. The van der Waals surface area contributed by atoms with Crippen molar-refractivity contribution in [2.45, 2.75) is 149 Å². The number of hydrogen-bond donors (Lipinski definition) is 6. The van der Waals surface area contributed by atoms with E-state index in [9.17, 15) is 64.2 Å². The molecule has 4 heterocycles. The summed E-state index contributed by atoms with van der Waals surface area (Å²) in [6.07, 6.45) is 1.76. The molecule has 104 heavy (non-hydrogen) atoms. The molecule has 28 heteroatoms. The van der Waals surface area contributed by atoms with Gasteiger partial charge < -0.3 is 40.9 Å². The summed E-state index contributed by atoms with van der Waals surface area (Å²) in [5.41, 5.74) is 0.804. The maximum Gasteiger partial charge on any atom is 0.501 e. The van der Waals surface area contributed by atoms with Gasteiger partial charge in [0, 0.05) is 105 Å². The van der Waals surface area contributed by atoms with Crippen LogP contribution in [0.25, 0.3) is 21.6 Å². The van der Waals surface area contributed by atoms with Crippen LogP contribution in [-0.4, -0.2) is 164 Å². The minimum atomic E-state index is -6.20. The molecule has 1 unspecified atom stereocenters. The zero-order chi connectivity index (χ0) is 74.7. The lowest BCUT2D eigenvalue weighted by atomic mass is 9.84. The fourth-order valence-corrected chi connectivity index (χ4v) is 17.4. The average Bonchev–Trinajstić information content (AvgIpc) is 0.810. The van der Waals surface area contributed by atoms with Gasteiger partial charge in [0.2, 0.25) is 23.6 Å². The zero-order valence-electron chi connectivity index (χ0n) is 58.7. The second kappa shape index (κ2) is 34.6. The van der Waals surface area contributed by atoms with Crippen molar-refractivity contribution in [2.75, 3.05) is 68.3 Å². The second-order valence-electron chi connectivity index (χ2n) is 27.9. The van der Waals surface area contributed by atoms with Gasteiger partial charge in [0.15, 0.2) is 0 Å². The lowest BCUT2D eigenvalue weighted by Crippen LogP contribution is -2.57. The van der Waals surface area contributed by atoms with Crippen LogP contribution in [0.15, 0.2) is 166 Å². The molecule has 6 aromatic carbocycles. The highest BCUT2D eigenvalue weighted by molar-refractivity contribution is 7.99. The summed E-state index contributed by atoms with van der Waals surface area (Å²) in [5, 5.41) is 31.9. The molecular formula is C76H89ClF3N9O11S4. The van der Waals surface area contributed by atoms with E-state index in [-0.39, 0.29) is 54.9 Å². The first-order valence-corrected chi connectivity index (χ1v) is 40.1. The molecule has 0 aliphatic carbocycles. The van der Waals surface area contributed by atoms with Crippen molar-refractivity contribution in [2.24, 2.45) is 11.3 Å². The molecule has 3 aliphatic heterocycles. The van der Waals surface area contributed by atoms with Gasteiger partial charge >= 0.3 is 5.51 Å². The molecule has 10 rings (SSSR count). The number of carbonyl (C=O) groups is 5. The number of aryl methyl sites for hydroxylation is 1. The Kier molecular flexibility index (Phi) is 26.2. The number of nitrogens with zero attached hydrogens (tertiary/aromatic N) is 5. The largest absolute Gasteiger partial charge is 0.501 e. The van der Waals surface area contributed by atoms with Crippen LogP contribution in [0.4, 0.5) is 24.5 Å². The van der Waals surface area contributed by atoms with Gasteiger partial charge in [-0.2, -0.15) is 13.2 Å². The van der Waals surface area contributed by atoms with Crippen LogP contribution in [0.3, 0.4) is 0 Å². The van der Waals surface area contributed by atoms with Crippen molar-refractivity contribution in [3.63, 3.8) is 0 Å². The van der Waals surface area contributed by atoms with Crippen LogP contribution in [0.5, 0.6) is 0 Å². The number of piperidine rings is 1. The quantitative estimate of drug-likeness (QED) is 0.0197. The lowest BCUT2D eigenvalue weighted by molar-refractivity contribution is -0.144. The van der Waals surface area contributed by atoms with E-state index in [1.165, 1.54) is 28.8 Å². The number of nitrogens with one attached hydrogen (secondary N) is 4. The SMILES string of the molecule is Cc1ncsc1-c1ccc([C@H](C)NC(=O)[C@@H]2C[C@@H](O)CN2C(=O)[C@@H](NC(=O)CCCCCC(=O)N2CCN(CC[C@H](CSc3ccccc3)Nc3ccc(S(=O)(=O)NC(=O)c4ccc(N5CCC(C(O)c6ccccc6-c6ccc(Cl)cc6)CC5)cc4)cc3S(=O)(=O)C(F)(F)F)CC2)C(C)(C)C)cc1. The molecule has 6 atom stereocenters. The van der Waals surface area contributed by atoms with Crippen LogP contribution in [0, 0.1) is 18.3 Å². The number of β-amino-alcohol motifs (C(OH)–C–C–N with tert-alkyl or cyclic N) is 1. The Morgan fingerprint density at radius 3 is 2.08 bits per heavy atom. The number of rotatable bonds is 28. The van der Waals surface area contributed by atoms with Crippen molar-refractivity contribution < 1.29 is 64.2 Å². The molecule has 0 spiro atoms. The number of sulfone groups is 1. The number of aliphatic hydroxyl groups excluding tert-OH is 2. The summed E-state index contributed by atoms with van der Waals surface area (Å²) in [6.45, 7) is 12.4. The first-order chi connectivity index (χ1) is 49.4. The number of amides is 5. The zero-order valence-corrected chi connectivity index (χ0v) is 62.7. The van der Waals surface area contributed by atoms with Crippen molar-refractivity contribution in [1.82, 2.24) is 35.0 Å². The van der Waals surface area contributed by atoms with Crippen molar-refractivity contribution in [3.05, 3.63) is 179 Å². The molecule has 6 N–H and O–H groups in total. The molecule has 20 nitrogen and oxygen atoms in total. The Labute approximate surface area is 619 Å². The number of thioether (sulfide) groups is 1. The Hall–Kier alpha value is -7.89. The molecule has 0 bridgehead atoms. The average molecular weight is 1530 g/mol. The van der Waals surface area contributed by atoms with Gasteiger partial charge in [-0.3, -0.25) is 28.9 Å². The van der Waals surface area contributed by atoms with Gasteiger partial charge in [0.25, 0.3) is 25.8 Å². The Morgan fingerprint density at radius 1 is 0.769 bits per heavy atom. The molecule has 0 saturated carbocycles. The number of likely N-dealkylation sites (tertiary alicyclic amines) is 1. The number of carbonyl (C=O) groups excluding carboxylic acids is 5. The monoisotopic (exact) mass is 1520 g/mol. The maximum atomic E-state index is 14.6. The highest BCUT2D eigenvalue weighted by Gasteiger charge is 2.49. The minimum absolute atomic E-state index is 0.0441. The molecule has 0 radical (unpaired) electrons. The molecule has 5 amide bonds. The van der Waals surface area contributed by atoms with E-state index in [0.717, 1.165) is 61.1 Å². The molecule has 556 valence electrons. The second-order valence-corrected chi connectivity index (χ2v) is 33.8. The third-order valence-electron chi connectivity index (χ3n) is 19.4. The lowest BCUT2D eigenvalue weighted by Gasteiger charge is -2.36. The predicted molar refractivity (Wildman–Crippen MR) is 399 cm³/mol. The number of halogens is 4. The summed E-state index contributed by atoms with van der Waals surface area (Å²) in [7, 11) is -11.2. The highest BCUT2D eigenvalue weighted by Crippen LogP contribution is 2.40. The number of aromatic nitrogens is 1. The van der Waals surface area contributed by atoms with Gasteiger partial charge in [0.1, 0.15) is 17.0 Å². The van der Waals surface area contributed by atoms with Crippen molar-refractivity contribution >= 4 is 95.5 Å². The standard InChI is InChI=1S/C76H89ClF3N9O11S4/c1-49(51-20-22-54(23-21-51)70-50(2)81-48-102-70)82-73(95)65-44-59(90)46-89(65)74(96)71(75(3,4)5)84-67(91)18-10-7-11-19-68(92)88-42-40-86(41-43-88)37-36-57(47-101-60-14-8-6-9-15-60)83-64-33-32-61(45-66(64)103(97,98)76(78,79)80)104(99,100)85-72(94)55-26-30-58(31-27-55)87-38-34-53(35-39-87)69(93)63-17-13-12-16-62(63)52-24-28-56(77)29-25-52/h6,8-9,12-17,20-33,45,48-49,53,57,59,65,69,71,83,90,93H,7,10-11,18-19,34-44,46-47H2,1-5H3,(H,82,95)(H,84,91)(H,85,94)/t49-,57+,59+,65-,69?,71+/m0/s1. The van der Waals surface area contributed by atoms with E-state index >= 15 is 0 Å². The van der Waals surface area contributed by atoms with E-state index in [2.05, 4.69) is 30.7 Å². The minimum Gasteiger partial charge on any atom is -0.391 e. The van der Waals surface area contributed by atoms with E-state index < -0.39 is 100 Å². The number of hydrogen-bond acceptors (Lipinski definition) is 17. The van der Waals surface area contributed by atoms with Crippen molar-refractivity contribution in [1.29, 1.82) is 0 Å². The summed E-state index contributed by atoms with van der Waals surface area (Å²) in [6, 6.07) is 37.5. The summed E-state index contributed by atoms with van der Waals surface area (Å²) >= 11 is 9.06. The molecule has 7 aromatic rings. The Morgan fingerprint density at radius 2 is 1.42 bits per heavy atom. The van der Waals surface area contributed by atoms with E-state index in [1.807, 2.05) is 130 Å². The first-order valence-electron chi connectivity index (χ1n) is 34.9. The number of benzene rings is 6. The van der Waals surface area contributed by atoms with Gasteiger partial charge in [-0.1, -0.05) is 118 Å². The topological polar surface area (TPSA) is 268 Å². The van der Waals surface area contributed by atoms with Gasteiger partial charge in [0.05, 0.1) is 44.9 Å². The van der Waals surface area contributed by atoms with Crippen LogP contribution >= 0.6 is 34.7 Å².